The van der Waals surface area contributed by atoms with Crippen LogP contribution >= 0.6 is 0 Å². The number of ether oxygens (including phenoxy) is 2. The van der Waals surface area contributed by atoms with Gasteiger partial charge in [-0.1, -0.05) is 6.07 Å². The molecule has 7 nitrogen and oxygen atoms in total. The van der Waals surface area contributed by atoms with Gasteiger partial charge in [-0.15, -0.1) is 0 Å². The van der Waals surface area contributed by atoms with Gasteiger partial charge in [0.1, 0.15) is 0 Å². The third-order valence-electron chi connectivity index (χ3n) is 5.39. The number of hydrogen-bond acceptors (Lipinski definition) is 5. The smallest absolute Gasteiger partial charge is 0.252 e. The molecule has 0 fully saturated rings. The van der Waals surface area contributed by atoms with Crippen LogP contribution in [0.5, 0.6) is 11.5 Å². The lowest BCUT2D eigenvalue weighted by atomic mass is 10.0. The summed E-state index contributed by atoms with van der Waals surface area (Å²) in [4.78, 5) is 18.0. The lowest BCUT2D eigenvalue weighted by molar-refractivity contribution is 0.0951. The van der Waals surface area contributed by atoms with Gasteiger partial charge in [-0.25, -0.2) is 9.67 Å². The molecule has 0 saturated carbocycles. The number of fused-ring (bicyclic) bond motifs is 2. The standard InChI is InChI=1S/C22H26N4O3/c1-13(2)26-21-16(12-24-26)20(15-6-5-7-17(15)25-21)22(27)23-11-14-8-9-18(28-3)19(10-14)29-4/h8-10,12-13H,5-7,11H2,1-4H3,(H,23,27). The van der Waals surface area contributed by atoms with Gasteiger partial charge < -0.3 is 14.8 Å². The molecule has 1 N–H and O–H groups in total. The number of rotatable bonds is 6. The van der Waals surface area contributed by atoms with Gasteiger partial charge in [0.25, 0.3) is 5.91 Å². The van der Waals surface area contributed by atoms with Crippen LogP contribution in [0.4, 0.5) is 0 Å². The number of carbonyl (C=O) groups is 1. The van der Waals surface area contributed by atoms with Crippen LogP contribution in [0.25, 0.3) is 11.0 Å². The van der Waals surface area contributed by atoms with E-state index >= 15 is 0 Å². The first-order valence-electron chi connectivity index (χ1n) is 9.91. The maximum Gasteiger partial charge on any atom is 0.252 e. The van der Waals surface area contributed by atoms with Crippen LogP contribution < -0.4 is 14.8 Å². The highest BCUT2D eigenvalue weighted by Gasteiger charge is 2.26. The molecule has 0 aliphatic heterocycles. The summed E-state index contributed by atoms with van der Waals surface area (Å²) in [7, 11) is 3.20. The van der Waals surface area contributed by atoms with Crippen LogP contribution in [0.3, 0.4) is 0 Å². The number of methoxy groups -OCH3 is 2. The predicted octanol–water partition coefficient (Wildman–Crippen LogP) is 3.45. The maximum atomic E-state index is 13.2. The van der Waals surface area contributed by atoms with Crippen LogP contribution in [-0.2, 0) is 19.4 Å². The fourth-order valence-corrected chi connectivity index (χ4v) is 3.95. The first-order chi connectivity index (χ1) is 14.0. The van der Waals surface area contributed by atoms with Gasteiger partial charge in [0.2, 0.25) is 0 Å². The molecule has 0 saturated heterocycles. The molecule has 4 rings (SSSR count). The molecule has 0 atom stereocenters. The highest BCUT2D eigenvalue weighted by molar-refractivity contribution is 6.07. The van der Waals surface area contributed by atoms with E-state index < -0.39 is 0 Å². The molecule has 1 aliphatic carbocycles. The first kappa shape index (κ1) is 19.2. The SMILES string of the molecule is COc1ccc(CNC(=O)c2c3c(nc4c2cnn4C(C)C)CCC3)cc1OC. The van der Waals surface area contributed by atoms with E-state index in [2.05, 4.69) is 24.3 Å². The predicted molar refractivity (Wildman–Crippen MR) is 111 cm³/mol. The third-order valence-corrected chi connectivity index (χ3v) is 5.39. The Balaban J connectivity index is 1.65. The van der Waals surface area contributed by atoms with E-state index in [0.29, 0.717) is 18.0 Å². The van der Waals surface area contributed by atoms with Gasteiger partial charge in [-0.3, -0.25) is 4.79 Å². The van der Waals surface area contributed by atoms with Gasteiger partial charge in [-0.2, -0.15) is 5.10 Å². The van der Waals surface area contributed by atoms with Crippen molar-refractivity contribution in [2.24, 2.45) is 0 Å². The molecule has 7 heteroatoms. The Bertz CT molecular complexity index is 1070. The van der Waals surface area contributed by atoms with Crippen LogP contribution in [0.2, 0.25) is 0 Å². The highest BCUT2D eigenvalue weighted by Crippen LogP contribution is 2.31. The Hall–Kier alpha value is -3.09. The van der Waals surface area contributed by atoms with Crippen molar-refractivity contribution in [2.45, 2.75) is 45.7 Å². The topological polar surface area (TPSA) is 78.3 Å². The van der Waals surface area contributed by atoms with Crippen LogP contribution in [0.1, 0.15) is 53.5 Å². The second-order valence-corrected chi connectivity index (χ2v) is 7.56. The molecular formula is C22H26N4O3. The minimum Gasteiger partial charge on any atom is -0.493 e. The average Bonchev–Trinajstić information content (AvgIpc) is 3.36. The van der Waals surface area contributed by atoms with Crippen molar-refractivity contribution >= 4 is 16.9 Å². The van der Waals surface area contributed by atoms with Gasteiger partial charge in [0.15, 0.2) is 17.1 Å². The van der Waals surface area contributed by atoms with Crippen molar-refractivity contribution in [3.63, 3.8) is 0 Å². The summed E-state index contributed by atoms with van der Waals surface area (Å²) < 4.78 is 12.5. The second-order valence-electron chi connectivity index (χ2n) is 7.56. The molecule has 1 amide bonds. The fraction of sp³-hybridized carbons (Fsp3) is 0.409. The third kappa shape index (κ3) is 3.41. The van der Waals surface area contributed by atoms with Crippen LogP contribution in [0.15, 0.2) is 24.4 Å². The zero-order chi connectivity index (χ0) is 20.5. The first-order valence-corrected chi connectivity index (χ1v) is 9.91. The minimum atomic E-state index is -0.0892. The van der Waals surface area contributed by atoms with Gasteiger partial charge >= 0.3 is 0 Å². The summed E-state index contributed by atoms with van der Waals surface area (Å²) in [5.41, 5.74) is 4.53. The van der Waals surface area contributed by atoms with Gasteiger partial charge in [0, 0.05) is 18.3 Å². The van der Waals surface area contributed by atoms with E-state index in [1.807, 2.05) is 22.9 Å². The lowest BCUT2D eigenvalue weighted by Gasteiger charge is -2.13. The van der Waals surface area contributed by atoms with Crippen molar-refractivity contribution < 1.29 is 14.3 Å². The zero-order valence-corrected chi connectivity index (χ0v) is 17.3. The van der Waals surface area contributed by atoms with E-state index in [1.54, 1.807) is 20.4 Å². The number of amides is 1. The number of benzene rings is 1. The number of pyridine rings is 1. The molecule has 0 bridgehead atoms. The molecule has 0 unspecified atom stereocenters. The van der Waals surface area contributed by atoms with Gasteiger partial charge in [-0.05, 0) is 56.4 Å². The average molecular weight is 394 g/mol. The second kappa shape index (κ2) is 7.73. The van der Waals surface area contributed by atoms with Crippen molar-refractivity contribution in [3.8, 4) is 11.5 Å². The Labute approximate surface area is 170 Å². The number of nitrogens with one attached hydrogen (secondary N) is 1. The largest absolute Gasteiger partial charge is 0.493 e. The molecule has 3 aromatic rings. The molecule has 152 valence electrons. The van der Waals surface area contributed by atoms with Crippen molar-refractivity contribution in [1.82, 2.24) is 20.1 Å². The Morgan fingerprint density at radius 3 is 2.72 bits per heavy atom. The summed E-state index contributed by atoms with van der Waals surface area (Å²) in [5, 5.41) is 8.37. The quantitative estimate of drug-likeness (QED) is 0.693. The fourth-order valence-electron chi connectivity index (χ4n) is 3.95. The Morgan fingerprint density at radius 1 is 1.21 bits per heavy atom. The van der Waals surface area contributed by atoms with E-state index in [1.165, 1.54) is 0 Å². The Kier molecular flexibility index (Phi) is 5.13. The molecular weight excluding hydrogens is 368 g/mol. The van der Waals surface area contributed by atoms with Crippen molar-refractivity contribution in [2.75, 3.05) is 14.2 Å². The summed E-state index contributed by atoms with van der Waals surface area (Å²) in [6.45, 7) is 4.53. The minimum absolute atomic E-state index is 0.0892. The van der Waals surface area contributed by atoms with Crippen molar-refractivity contribution in [1.29, 1.82) is 0 Å². The van der Waals surface area contributed by atoms with E-state index in [0.717, 1.165) is 52.7 Å². The summed E-state index contributed by atoms with van der Waals surface area (Å²) in [6, 6.07) is 5.82. The molecule has 0 spiro atoms. The number of aryl methyl sites for hydroxylation is 1. The Morgan fingerprint density at radius 2 is 2.00 bits per heavy atom. The number of nitrogens with zero attached hydrogens (tertiary/aromatic N) is 3. The van der Waals surface area contributed by atoms with E-state index in [9.17, 15) is 4.79 Å². The lowest BCUT2D eigenvalue weighted by Crippen LogP contribution is -2.24. The highest BCUT2D eigenvalue weighted by atomic mass is 16.5. The number of hydrogen-bond donors (Lipinski definition) is 1. The van der Waals surface area contributed by atoms with Crippen LogP contribution in [0, 0.1) is 0 Å². The van der Waals surface area contributed by atoms with Crippen molar-refractivity contribution in [3.05, 3.63) is 46.8 Å². The maximum absolute atomic E-state index is 13.2. The molecule has 29 heavy (non-hydrogen) atoms. The van der Waals surface area contributed by atoms with Crippen LogP contribution in [-0.4, -0.2) is 34.9 Å². The van der Waals surface area contributed by atoms with E-state index in [4.69, 9.17) is 14.5 Å². The molecule has 2 heterocycles. The molecule has 1 aliphatic rings. The molecule has 1 aromatic carbocycles. The van der Waals surface area contributed by atoms with Gasteiger partial charge in [0.05, 0.1) is 31.4 Å². The normalized spacial score (nSPS) is 13.0. The number of aromatic nitrogens is 3. The zero-order valence-electron chi connectivity index (χ0n) is 17.3. The monoisotopic (exact) mass is 394 g/mol. The molecule has 0 radical (unpaired) electrons. The van der Waals surface area contributed by atoms with E-state index in [-0.39, 0.29) is 11.9 Å². The summed E-state index contributed by atoms with van der Waals surface area (Å²) >= 11 is 0. The summed E-state index contributed by atoms with van der Waals surface area (Å²) in [5.74, 6) is 1.22. The molecule has 2 aromatic heterocycles. The summed E-state index contributed by atoms with van der Waals surface area (Å²) in [6.07, 6.45) is 4.58. The number of carbonyl (C=O) groups excluding carboxylic acids is 1.